The first-order chi connectivity index (χ1) is 7.90. The normalized spacial score (nSPS) is 16.8. The monoisotopic (exact) mass is 235 g/mol. The summed E-state index contributed by atoms with van der Waals surface area (Å²) in [4.78, 5) is 1.48. The summed E-state index contributed by atoms with van der Waals surface area (Å²) in [5.74, 6) is 0. The first-order valence-corrected chi connectivity index (χ1v) is 7.23. The summed E-state index contributed by atoms with van der Waals surface area (Å²) in [6.07, 6.45) is 5.65. The average Bonchev–Trinajstić information content (AvgIpc) is 2.81. The van der Waals surface area contributed by atoms with Crippen molar-refractivity contribution in [3.05, 3.63) is 29.8 Å². The van der Waals surface area contributed by atoms with Gasteiger partial charge in [0.15, 0.2) is 0 Å². The second-order valence-corrected chi connectivity index (χ2v) is 5.75. The minimum absolute atomic E-state index is 0.864. The summed E-state index contributed by atoms with van der Waals surface area (Å²) in [6.45, 7) is 4.21. The van der Waals surface area contributed by atoms with Crippen LogP contribution in [-0.4, -0.2) is 11.8 Å². The lowest BCUT2D eigenvalue weighted by molar-refractivity contribution is 0.717. The van der Waals surface area contributed by atoms with Gasteiger partial charge in [0.05, 0.1) is 0 Å². The SMILES string of the molecule is CCNCc1ccccc1SC1CCCC1. The summed E-state index contributed by atoms with van der Waals surface area (Å²) in [5.41, 5.74) is 1.46. The molecule has 88 valence electrons. The average molecular weight is 235 g/mol. The highest BCUT2D eigenvalue weighted by Crippen LogP contribution is 2.36. The molecule has 1 aliphatic carbocycles. The van der Waals surface area contributed by atoms with Gasteiger partial charge in [-0.1, -0.05) is 38.0 Å². The Balaban J connectivity index is 2.00. The van der Waals surface area contributed by atoms with Crippen LogP contribution >= 0.6 is 11.8 Å². The van der Waals surface area contributed by atoms with Crippen molar-refractivity contribution < 1.29 is 0 Å². The van der Waals surface area contributed by atoms with E-state index in [1.54, 1.807) is 0 Å². The lowest BCUT2D eigenvalue weighted by atomic mass is 10.2. The molecule has 1 saturated carbocycles. The topological polar surface area (TPSA) is 12.0 Å². The van der Waals surface area contributed by atoms with Gasteiger partial charge in [-0.3, -0.25) is 0 Å². The van der Waals surface area contributed by atoms with Crippen LogP contribution in [0.4, 0.5) is 0 Å². The first kappa shape index (κ1) is 12.0. The maximum absolute atomic E-state index is 3.42. The van der Waals surface area contributed by atoms with E-state index in [9.17, 15) is 0 Å². The standard InChI is InChI=1S/C14H21NS/c1-2-15-11-12-7-3-6-10-14(12)16-13-8-4-5-9-13/h3,6-7,10,13,15H,2,4-5,8-9,11H2,1H3. The molecule has 1 aliphatic rings. The van der Waals surface area contributed by atoms with E-state index in [0.29, 0.717) is 0 Å². The Morgan fingerprint density at radius 3 is 2.75 bits per heavy atom. The van der Waals surface area contributed by atoms with Crippen LogP contribution < -0.4 is 5.32 Å². The van der Waals surface area contributed by atoms with E-state index in [-0.39, 0.29) is 0 Å². The Labute approximate surface area is 103 Å². The predicted octanol–water partition coefficient (Wildman–Crippen LogP) is 3.83. The molecule has 2 rings (SSSR count). The minimum Gasteiger partial charge on any atom is -0.313 e. The summed E-state index contributed by atoms with van der Waals surface area (Å²) in [7, 11) is 0. The maximum Gasteiger partial charge on any atom is 0.0216 e. The molecule has 0 radical (unpaired) electrons. The van der Waals surface area contributed by atoms with Gasteiger partial charge in [-0.05, 0) is 31.0 Å². The van der Waals surface area contributed by atoms with Gasteiger partial charge in [0.2, 0.25) is 0 Å². The molecule has 0 unspecified atom stereocenters. The Morgan fingerprint density at radius 1 is 1.25 bits per heavy atom. The van der Waals surface area contributed by atoms with Crippen LogP contribution in [0, 0.1) is 0 Å². The van der Waals surface area contributed by atoms with E-state index in [4.69, 9.17) is 0 Å². The molecule has 0 aliphatic heterocycles. The lowest BCUT2D eigenvalue weighted by Crippen LogP contribution is -2.12. The fraction of sp³-hybridized carbons (Fsp3) is 0.571. The highest BCUT2D eigenvalue weighted by Gasteiger charge is 2.17. The van der Waals surface area contributed by atoms with Gasteiger partial charge < -0.3 is 5.32 Å². The van der Waals surface area contributed by atoms with E-state index < -0.39 is 0 Å². The molecule has 0 saturated heterocycles. The molecule has 1 N–H and O–H groups in total. The quantitative estimate of drug-likeness (QED) is 0.832. The second-order valence-electron chi connectivity index (χ2n) is 4.41. The summed E-state index contributed by atoms with van der Waals surface area (Å²) < 4.78 is 0. The van der Waals surface area contributed by atoms with Gasteiger partial charge in [-0.2, -0.15) is 0 Å². The van der Waals surface area contributed by atoms with Crippen molar-refractivity contribution in [3.8, 4) is 0 Å². The van der Waals surface area contributed by atoms with Crippen LogP contribution in [0.1, 0.15) is 38.2 Å². The van der Waals surface area contributed by atoms with Crippen LogP contribution in [-0.2, 0) is 6.54 Å². The molecule has 0 amide bonds. The Kier molecular flexibility index (Phi) is 4.73. The van der Waals surface area contributed by atoms with E-state index in [1.165, 1.54) is 36.1 Å². The molecule has 0 bridgehead atoms. The number of benzene rings is 1. The number of hydrogen-bond acceptors (Lipinski definition) is 2. The highest BCUT2D eigenvalue weighted by atomic mass is 32.2. The maximum atomic E-state index is 3.42. The third-order valence-electron chi connectivity index (χ3n) is 3.13. The van der Waals surface area contributed by atoms with Gasteiger partial charge in [0.25, 0.3) is 0 Å². The van der Waals surface area contributed by atoms with Gasteiger partial charge >= 0.3 is 0 Å². The van der Waals surface area contributed by atoms with E-state index in [0.717, 1.165) is 18.3 Å². The van der Waals surface area contributed by atoms with Crippen molar-refractivity contribution in [2.45, 2.75) is 49.3 Å². The fourth-order valence-corrected chi connectivity index (χ4v) is 3.59. The zero-order chi connectivity index (χ0) is 11.2. The van der Waals surface area contributed by atoms with Gasteiger partial charge in [0.1, 0.15) is 0 Å². The molecule has 1 aromatic rings. The fourth-order valence-electron chi connectivity index (χ4n) is 2.21. The number of nitrogens with one attached hydrogen (secondary N) is 1. The largest absolute Gasteiger partial charge is 0.313 e. The van der Waals surface area contributed by atoms with E-state index >= 15 is 0 Å². The van der Waals surface area contributed by atoms with E-state index in [1.807, 2.05) is 0 Å². The molecule has 2 heteroatoms. The zero-order valence-electron chi connectivity index (χ0n) is 10.0. The highest BCUT2D eigenvalue weighted by molar-refractivity contribution is 8.00. The van der Waals surface area contributed by atoms with Crippen molar-refractivity contribution >= 4 is 11.8 Å². The van der Waals surface area contributed by atoms with Gasteiger partial charge in [0, 0.05) is 16.7 Å². The van der Waals surface area contributed by atoms with Crippen molar-refractivity contribution in [3.63, 3.8) is 0 Å². The van der Waals surface area contributed by atoms with Gasteiger partial charge in [-0.25, -0.2) is 0 Å². The predicted molar refractivity (Wildman–Crippen MR) is 71.9 cm³/mol. The third-order valence-corrected chi connectivity index (χ3v) is 4.59. The van der Waals surface area contributed by atoms with E-state index in [2.05, 4.69) is 48.3 Å². The number of thioether (sulfide) groups is 1. The molecule has 1 aromatic carbocycles. The Morgan fingerprint density at radius 2 is 2.00 bits per heavy atom. The van der Waals surface area contributed by atoms with Crippen LogP contribution in [0.2, 0.25) is 0 Å². The van der Waals surface area contributed by atoms with Crippen molar-refractivity contribution in [2.75, 3.05) is 6.54 Å². The summed E-state index contributed by atoms with van der Waals surface area (Å²) in [5, 5.41) is 4.28. The first-order valence-electron chi connectivity index (χ1n) is 6.35. The molecule has 0 spiro atoms. The molecule has 0 heterocycles. The molecule has 1 fully saturated rings. The lowest BCUT2D eigenvalue weighted by Gasteiger charge is -2.13. The van der Waals surface area contributed by atoms with Gasteiger partial charge in [-0.15, -0.1) is 11.8 Å². The van der Waals surface area contributed by atoms with Crippen LogP contribution in [0.3, 0.4) is 0 Å². The van der Waals surface area contributed by atoms with Crippen LogP contribution in [0.25, 0.3) is 0 Å². The second kappa shape index (κ2) is 6.31. The molecule has 1 nitrogen and oxygen atoms in total. The third kappa shape index (κ3) is 3.26. The summed E-state index contributed by atoms with van der Waals surface area (Å²) >= 11 is 2.09. The Hall–Kier alpha value is -0.470. The van der Waals surface area contributed by atoms with Crippen molar-refractivity contribution in [1.29, 1.82) is 0 Å². The smallest absolute Gasteiger partial charge is 0.0216 e. The molecule has 0 aromatic heterocycles. The number of hydrogen-bond donors (Lipinski definition) is 1. The Bertz CT molecular complexity index is 318. The molecular weight excluding hydrogens is 214 g/mol. The minimum atomic E-state index is 0.864. The number of rotatable bonds is 5. The van der Waals surface area contributed by atoms with Crippen LogP contribution in [0.5, 0.6) is 0 Å². The van der Waals surface area contributed by atoms with Crippen molar-refractivity contribution in [2.24, 2.45) is 0 Å². The summed E-state index contributed by atoms with van der Waals surface area (Å²) in [6, 6.07) is 8.83. The van der Waals surface area contributed by atoms with Crippen molar-refractivity contribution in [1.82, 2.24) is 5.32 Å². The zero-order valence-corrected chi connectivity index (χ0v) is 10.9. The molecule has 0 atom stereocenters. The molecule has 16 heavy (non-hydrogen) atoms. The van der Waals surface area contributed by atoms with Crippen LogP contribution in [0.15, 0.2) is 29.2 Å². The molecular formula is C14H21NS.